The van der Waals surface area contributed by atoms with E-state index in [1.165, 1.54) is 12.1 Å². The minimum absolute atomic E-state index is 0.0854. The number of hydrogen-bond acceptors (Lipinski definition) is 4. The van der Waals surface area contributed by atoms with Gasteiger partial charge in [0.25, 0.3) is 0 Å². The zero-order chi connectivity index (χ0) is 14.6. The molecule has 104 valence electrons. The van der Waals surface area contributed by atoms with Crippen molar-refractivity contribution in [1.82, 2.24) is 4.72 Å². The van der Waals surface area contributed by atoms with Crippen molar-refractivity contribution in [2.45, 2.75) is 18.2 Å². The van der Waals surface area contributed by atoms with Gasteiger partial charge in [-0.3, -0.25) is 4.79 Å². The van der Waals surface area contributed by atoms with Crippen LogP contribution in [-0.2, 0) is 14.8 Å². The van der Waals surface area contributed by atoms with E-state index < -0.39 is 21.9 Å². The Labute approximate surface area is 110 Å². The van der Waals surface area contributed by atoms with Crippen LogP contribution in [0.15, 0.2) is 23.1 Å². The van der Waals surface area contributed by atoms with Gasteiger partial charge >= 0.3 is 5.97 Å². The second kappa shape index (κ2) is 5.81. The van der Waals surface area contributed by atoms with Crippen LogP contribution in [0.2, 0.25) is 0 Å². The fourth-order valence-corrected chi connectivity index (χ4v) is 2.45. The minimum Gasteiger partial charge on any atom is -0.478 e. The van der Waals surface area contributed by atoms with E-state index >= 15 is 0 Å². The molecule has 0 fully saturated rings. The Kier molecular flexibility index (Phi) is 4.62. The fraction of sp³-hybridized carbons (Fsp3) is 0.273. The molecule has 19 heavy (non-hydrogen) atoms. The number of primary amides is 1. The monoisotopic (exact) mass is 286 g/mol. The maximum atomic E-state index is 11.8. The molecule has 1 aromatic rings. The summed E-state index contributed by atoms with van der Waals surface area (Å²) in [5.41, 5.74) is 5.27. The van der Waals surface area contributed by atoms with Gasteiger partial charge in [-0.05, 0) is 24.6 Å². The highest BCUT2D eigenvalue weighted by Gasteiger charge is 2.17. The Morgan fingerprint density at radius 2 is 2.00 bits per heavy atom. The van der Waals surface area contributed by atoms with Crippen LogP contribution < -0.4 is 10.5 Å². The highest BCUT2D eigenvalue weighted by atomic mass is 32.2. The second-order valence-corrected chi connectivity index (χ2v) is 5.66. The van der Waals surface area contributed by atoms with Crippen LogP contribution in [0.4, 0.5) is 0 Å². The lowest BCUT2D eigenvalue weighted by Gasteiger charge is -2.08. The Morgan fingerprint density at radius 1 is 1.37 bits per heavy atom. The number of carboxylic acid groups (broad SMARTS) is 1. The Balaban J connectivity index is 2.99. The van der Waals surface area contributed by atoms with E-state index in [2.05, 4.69) is 4.72 Å². The largest absolute Gasteiger partial charge is 0.478 e. The average Bonchev–Trinajstić information content (AvgIpc) is 2.27. The normalized spacial score (nSPS) is 11.2. The maximum Gasteiger partial charge on any atom is 0.335 e. The van der Waals surface area contributed by atoms with E-state index in [0.29, 0.717) is 5.56 Å². The number of carbonyl (C=O) groups is 2. The first-order valence-electron chi connectivity index (χ1n) is 5.36. The summed E-state index contributed by atoms with van der Waals surface area (Å²) in [7, 11) is -3.85. The smallest absolute Gasteiger partial charge is 0.335 e. The molecule has 0 spiro atoms. The first-order valence-corrected chi connectivity index (χ1v) is 6.84. The third-order valence-electron chi connectivity index (χ3n) is 2.41. The highest BCUT2D eigenvalue weighted by molar-refractivity contribution is 7.89. The molecule has 0 aliphatic rings. The van der Waals surface area contributed by atoms with Crippen molar-refractivity contribution in [3.8, 4) is 0 Å². The molecule has 8 heteroatoms. The van der Waals surface area contributed by atoms with Crippen molar-refractivity contribution in [3.05, 3.63) is 29.3 Å². The van der Waals surface area contributed by atoms with E-state index in [4.69, 9.17) is 10.8 Å². The number of nitrogens with two attached hydrogens (primary N) is 1. The summed E-state index contributed by atoms with van der Waals surface area (Å²) < 4.78 is 25.9. The van der Waals surface area contributed by atoms with Crippen LogP contribution in [0.5, 0.6) is 0 Å². The summed E-state index contributed by atoms with van der Waals surface area (Å²) in [5.74, 6) is -1.83. The number of rotatable bonds is 6. The number of amides is 1. The number of carbonyl (C=O) groups excluding carboxylic acids is 1. The van der Waals surface area contributed by atoms with Crippen molar-refractivity contribution >= 4 is 21.9 Å². The summed E-state index contributed by atoms with van der Waals surface area (Å²) in [6.45, 7) is 1.44. The molecule has 7 nitrogen and oxygen atoms in total. The SMILES string of the molecule is Cc1ccc(S(=O)(=O)NCCC(N)=O)cc1C(=O)O. The zero-order valence-electron chi connectivity index (χ0n) is 10.2. The first-order chi connectivity index (χ1) is 8.74. The number of sulfonamides is 1. The molecular weight excluding hydrogens is 272 g/mol. The lowest BCUT2D eigenvalue weighted by molar-refractivity contribution is -0.117. The summed E-state index contributed by atoms with van der Waals surface area (Å²) in [6, 6.07) is 3.78. The third-order valence-corrected chi connectivity index (χ3v) is 3.87. The summed E-state index contributed by atoms with van der Waals surface area (Å²) >= 11 is 0. The van der Waals surface area contributed by atoms with E-state index in [1.807, 2.05) is 0 Å². The predicted octanol–water partition coefficient (Wildman–Crippen LogP) is -0.153. The summed E-state index contributed by atoms with van der Waals surface area (Å²) in [6.07, 6.45) is -0.128. The molecule has 1 rings (SSSR count). The molecule has 0 atom stereocenters. The molecule has 1 aromatic carbocycles. The second-order valence-electron chi connectivity index (χ2n) is 3.90. The summed E-state index contributed by atoms with van der Waals surface area (Å²) in [4.78, 5) is 21.3. The van der Waals surface area contributed by atoms with Gasteiger partial charge in [0, 0.05) is 13.0 Å². The molecule has 0 aromatic heterocycles. The molecule has 0 aliphatic carbocycles. The van der Waals surface area contributed by atoms with Crippen molar-refractivity contribution in [1.29, 1.82) is 0 Å². The maximum absolute atomic E-state index is 11.8. The van der Waals surface area contributed by atoms with Gasteiger partial charge in [-0.25, -0.2) is 17.9 Å². The van der Waals surface area contributed by atoms with Crippen molar-refractivity contribution in [2.24, 2.45) is 5.73 Å². The van der Waals surface area contributed by atoms with Crippen LogP contribution in [0.25, 0.3) is 0 Å². The molecule has 0 unspecified atom stereocenters. The first kappa shape index (κ1) is 15.1. The number of aromatic carboxylic acids is 1. The fourth-order valence-electron chi connectivity index (χ4n) is 1.39. The number of aryl methyl sites for hydroxylation is 1. The average molecular weight is 286 g/mol. The quantitative estimate of drug-likeness (QED) is 0.670. The molecule has 0 aliphatic heterocycles. The highest BCUT2D eigenvalue weighted by Crippen LogP contribution is 2.15. The van der Waals surface area contributed by atoms with Crippen LogP contribution in [0.1, 0.15) is 22.3 Å². The predicted molar refractivity (Wildman–Crippen MR) is 67.1 cm³/mol. The van der Waals surface area contributed by atoms with E-state index in [9.17, 15) is 18.0 Å². The zero-order valence-corrected chi connectivity index (χ0v) is 11.0. The van der Waals surface area contributed by atoms with Crippen LogP contribution in [-0.4, -0.2) is 31.9 Å². The molecular formula is C11H14N2O5S. The number of hydrogen-bond donors (Lipinski definition) is 3. The van der Waals surface area contributed by atoms with Gasteiger partial charge < -0.3 is 10.8 Å². The van der Waals surface area contributed by atoms with Crippen molar-refractivity contribution < 1.29 is 23.1 Å². The Hall–Kier alpha value is -1.93. The lowest BCUT2D eigenvalue weighted by Crippen LogP contribution is -2.28. The number of nitrogens with one attached hydrogen (secondary N) is 1. The van der Waals surface area contributed by atoms with Gasteiger partial charge in [0.2, 0.25) is 15.9 Å². The molecule has 0 radical (unpaired) electrons. The van der Waals surface area contributed by atoms with Gasteiger partial charge in [0.1, 0.15) is 0 Å². The number of carboxylic acids is 1. The van der Waals surface area contributed by atoms with E-state index in [0.717, 1.165) is 6.07 Å². The van der Waals surface area contributed by atoms with Crippen molar-refractivity contribution in [3.63, 3.8) is 0 Å². The third kappa shape index (κ3) is 4.04. The standard InChI is InChI=1S/C11H14N2O5S/c1-7-2-3-8(6-9(7)11(15)16)19(17,18)13-5-4-10(12)14/h2-3,6,13H,4-5H2,1H3,(H2,12,14)(H,15,16). The lowest BCUT2D eigenvalue weighted by atomic mass is 10.1. The summed E-state index contributed by atoms with van der Waals surface area (Å²) in [5, 5.41) is 8.93. The molecule has 1 amide bonds. The van der Waals surface area contributed by atoms with Crippen LogP contribution in [0.3, 0.4) is 0 Å². The molecule has 0 heterocycles. The number of benzene rings is 1. The minimum atomic E-state index is -3.85. The van der Waals surface area contributed by atoms with Gasteiger partial charge in [-0.2, -0.15) is 0 Å². The van der Waals surface area contributed by atoms with E-state index in [-0.39, 0.29) is 23.4 Å². The van der Waals surface area contributed by atoms with Gasteiger partial charge in [-0.1, -0.05) is 6.07 Å². The Bertz CT molecular complexity index is 610. The molecule has 0 saturated heterocycles. The Morgan fingerprint density at radius 3 is 2.53 bits per heavy atom. The van der Waals surface area contributed by atoms with Gasteiger partial charge in [0.15, 0.2) is 0 Å². The van der Waals surface area contributed by atoms with Gasteiger partial charge in [-0.15, -0.1) is 0 Å². The molecule has 0 bridgehead atoms. The van der Waals surface area contributed by atoms with Crippen LogP contribution in [0, 0.1) is 6.92 Å². The van der Waals surface area contributed by atoms with Gasteiger partial charge in [0.05, 0.1) is 10.5 Å². The topological polar surface area (TPSA) is 127 Å². The van der Waals surface area contributed by atoms with E-state index in [1.54, 1.807) is 6.92 Å². The van der Waals surface area contributed by atoms with Crippen molar-refractivity contribution in [2.75, 3.05) is 6.54 Å². The molecule has 0 saturated carbocycles. The molecule has 4 N–H and O–H groups in total. The van der Waals surface area contributed by atoms with Crippen LogP contribution >= 0.6 is 0 Å².